The molecule has 27 heavy (non-hydrogen) atoms. The van der Waals surface area contributed by atoms with E-state index in [4.69, 9.17) is 4.42 Å². The second kappa shape index (κ2) is 8.98. The van der Waals surface area contributed by atoms with Crippen LogP contribution < -0.4 is 10.6 Å². The highest BCUT2D eigenvalue weighted by Gasteiger charge is 2.07. The monoisotopic (exact) mass is 363 g/mol. The van der Waals surface area contributed by atoms with Gasteiger partial charge in [0.1, 0.15) is 12.0 Å². The summed E-state index contributed by atoms with van der Waals surface area (Å²) in [6, 6.07) is 14.1. The summed E-state index contributed by atoms with van der Waals surface area (Å²) in [7, 11) is 0. The van der Waals surface area contributed by atoms with Crippen LogP contribution in [0, 0.1) is 13.8 Å². The third kappa shape index (κ3) is 5.41. The van der Waals surface area contributed by atoms with Gasteiger partial charge in [0.2, 0.25) is 5.89 Å². The van der Waals surface area contributed by atoms with Crippen molar-refractivity contribution in [3.05, 3.63) is 71.4 Å². The second-order valence-electron chi connectivity index (χ2n) is 6.33. The fraction of sp³-hybridized carbons (Fsp3) is 0.286. The van der Waals surface area contributed by atoms with Crippen molar-refractivity contribution in [2.75, 3.05) is 6.54 Å². The standard InChI is InChI=1S/C21H25N5O/c1-4-22-21(23-12-18-7-5-6-16(3)25-18)24-13-19-14-27-20(26-19)17-10-8-15(2)9-11-17/h5-11,14H,4,12-13H2,1-3H3,(H2,22,23,24). The highest BCUT2D eigenvalue weighted by atomic mass is 16.3. The zero-order valence-corrected chi connectivity index (χ0v) is 16.0. The molecular weight excluding hydrogens is 338 g/mol. The lowest BCUT2D eigenvalue weighted by Gasteiger charge is -2.10. The summed E-state index contributed by atoms with van der Waals surface area (Å²) in [6.45, 7) is 7.90. The molecular formula is C21H25N5O. The Morgan fingerprint density at radius 2 is 1.81 bits per heavy atom. The first-order valence-electron chi connectivity index (χ1n) is 9.10. The van der Waals surface area contributed by atoms with Crippen LogP contribution in [0.3, 0.4) is 0 Å². The first-order valence-corrected chi connectivity index (χ1v) is 9.10. The molecule has 0 amide bonds. The zero-order valence-electron chi connectivity index (χ0n) is 16.0. The minimum Gasteiger partial charge on any atom is -0.444 e. The number of aromatic nitrogens is 2. The number of rotatable bonds is 6. The van der Waals surface area contributed by atoms with E-state index in [0.29, 0.717) is 19.0 Å². The molecule has 6 heteroatoms. The molecule has 0 saturated carbocycles. The van der Waals surface area contributed by atoms with Crippen LogP contribution in [0.1, 0.15) is 29.6 Å². The average molecular weight is 363 g/mol. The Bertz CT molecular complexity index is 899. The van der Waals surface area contributed by atoms with Crippen LogP contribution in [0.5, 0.6) is 0 Å². The third-order valence-electron chi connectivity index (χ3n) is 3.98. The molecule has 0 aliphatic rings. The molecule has 0 radical (unpaired) electrons. The Kier molecular flexibility index (Phi) is 6.20. The van der Waals surface area contributed by atoms with Crippen molar-refractivity contribution in [3.8, 4) is 11.5 Å². The van der Waals surface area contributed by atoms with Crippen LogP contribution in [-0.2, 0) is 13.1 Å². The smallest absolute Gasteiger partial charge is 0.226 e. The molecule has 2 aromatic heterocycles. The van der Waals surface area contributed by atoms with Gasteiger partial charge in [0.05, 0.1) is 18.8 Å². The molecule has 0 saturated heterocycles. The van der Waals surface area contributed by atoms with Gasteiger partial charge in [0.15, 0.2) is 5.96 Å². The van der Waals surface area contributed by atoms with Gasteiger partial charge in [0.25, 0.3) is 0 Å². The van der Waals surface area contributed by atoms with E-state index in [1.54, 1.807) is 6.26 Å². The molecule has 2 heterocycles. The Hall–Kier alpha value is -3.15. The molecule has 0 atom stereocenters. The number of oxazole rings is 1. The second-order valence-corrected chi connectivity index (χ2v) is 6.33. The van der Waals surface area contributed by atoms with E-state index in [-0.39, 0.29) is 0 Å². The molecule has 0 unspecified atom stereocenters. The molecule has 6 nitrogen and oxygen atoms in total. The van der Waals surface area contributed by atoms with Crippen molar-refractivity contribution in [2.24, 2.45) is 4.99 Å². The van der Waals surface area contributed by atoms with Crippen LogP contribution in [0.15, 0.2) is 58.1 Å². The summed E-state index contributed by atoms with van der Waals surface area (Å²) < 4.78 is 5.59. The summed E-state index contributed by atoms with van der Waals surface area (Å²) in [4.78, 5) is 13.6. The normalized spacial score (nSPS) is 11.4. The van der Waals surface area contributed by atoms with Gasteiger partial charge in [-0.25, -0.2) is 9.98 Å². The number of pyridine rings is 1. The van der Waals surface area contributed by atoms with Crippen molar-refractivity contribution >= 4 is 5.96 Å². The van der Waals surface area contributed by atoms with Gasteiger partial charge in [-0.05, 0) is 45.0 Å². The molecule has 2 N–H and O–H groups in total. The minimum atomic E-state index is 0.436. The number of aliphatic imine (C=N–C) groups is 1. The maximum atomic E-state index is 5.59. The van der Waals surface area contributed by atoms with E-state index in [2.05, 4.69) is 32.5 Å². The van der Waals surface area contributed by atoms with Crippen molar-refractivity contribution in [2.45, 2.75) is 33.9 Å². The topological polar surface area (TPSA) is 75.3 Å². The molecule has 3 aromatic rings. The maximum absolute atomic E-state index is 5.59. The first kappa shape index (κ1) is 18.6. The number of nitrogens with one attached hydrogen (secondary N) is 2. The predicted octanol–water partition coefficient (Wildman–Crippen LogP) is 3.61. The van der Waals surface area contributed by atoms with Gasteiger partial charge in [-0.2, -0.15) is 0 Å². The molecule has 140 valence electrons. The maximum Gasteiger partial charge on any atom is 0.226 e. The number of hydrogen-bond donors (Lipinski definition) is 2. The van der Waals surface area contributed by atoms with E-state index in [1.165, 1.54) is 5.56 Å². The number of hydrogen-bond acceptors (Lipinski definition) is 4. The van der Waals surface area contributed by atoms with E-state index >= 15 is 0 Å². The van der Waals surface area contributed by atoms with E-state index in [0.717, 1.165) is 35.1 Å². The van der Waals surface area contributed by atoms with Gasteiger partial charge < -0.3 is 15.1 Å². The third-order valence-corrected chi connectivity index (χ3v) is 3.98. The number of nitrogens with zero attached hydrogens (tertiary/aromatic N) is 3. The molecule has 0 aliphatic carbocycles. The number of aryl methyl sites for hydroxylation is 2. The molecule has 1 aromatic carbocycles. The zero-order chi connectivity index (χ0) is 19.1. The number of guanidine groups is 1. The van der Waals surface area contributed by atoms with Crippen LogP contribution >= 0.6 is 0 Å². The SMILES string of the molecule is CCNC(=NCc1coc(-c2ccc(C)cc2)n1)NCc1cccc(C)n1. The van der Waals surface area contributed by atoms with Crippen molar-refractivity contribution in [1.29, 1.82) is 0 Å². The Morgan fingerprint density at radius 3 is 2.56 bits per heavy atom. The first-order chi connectivity index (χ1) is 13.1. The summed E-state index contributed by atoms with van der Waals surface area (Å²) in [5.41, 5.74) is 4.94. The van der Waals surface area contributed by atoms with Crippen LogP contribution in [-0.4, -0.2) is 22.5 Å². The molecule has 0 fully saturated rings. The summed E-state index contributed by atoms with van der Waals surface area (Å²) in [5, 5.41) is 6.53. The quantitative estimate of drug-likeness (QED) is 0.517. The largest absolute Gasteiger partial charge is 0.444 e. The summed E-state index contributed by atoms with van der Waals surface area (Å²) in [6.07, 6.45) is 1.66. The van der Waals surface area contributed by atoms with Crippen molar-refractivity contribution in [3.63, 3.8) is 0 Å². The predicted molar refractivity (Wildman–Crippen MR) is 107 cm³/mol. The molecule has 0 spiro atoms. The lowest BCUT2D eigenvalue weighted by Crippen LogP contribution is -2.37. The molecule has 0 bridgehead atoms. The Morgan fingerprint density at radius 1 is 1.00 bits per heavy atom. The van der Waals surface area contributed by atoms with E-state index in [1.807, 2.05) is 56.3 Å². The van der Waals surface area contributed by atoms with Crippen LogP contribution in [0.25, 0.3) is 11.5 Å². The van der Waals surface area contributed by atoms with Gasteiger partial charge in [-0.15, -0.1) is 0 Å². The van der Waals surface area contributed by atoms with Crippen molar-refractivity contribution in [1.82, 2.24) is 20.6 Å². The fourth-order valence-electron chi connectivity index (χ4n) is 2.58. The van der Waals surface area contributed by atoms with Gasteiger partial charge in [-0.1, -0.05) is 23.8 Å². The van der Waals surface area contributed by atoms with E-state index < -0.39 is 0 Å². The van der Waals surface area contributed by atoms with Crippen LogP contribution in [0.4, 0.5) is 0 Å². The molecule has 3 rings (SSSR count). The average Bonchev–Trinajstić information content (AvgIpc) is 3.14. The summed E-state index contributed by atoms with van der Waals surface area (Å²) >= 11 is 0. The highest BCUT2D eigenvalue weighted by molar-refractivity contribution is 5.79. The number of benzene rings is 1. The van der Waals surface area contributed by atoms with Gasteiger partial charge >= 0.3 is 0 Å². The van der Waals surface area contributed by atoms with Gasteiger partial charge in [-0.3, -0.25) is 4.98 Å². The summed E-state index contributed by atoms with van der Waals surface area (Å²) in [5.74, 6) is 1.34. The lowest BCUT2D eigenvalue weighted by atomic mass is 10.1. The Balaban J connectivity index is 1.63. The van der Waals surface area contributed by atoms with Crippen molar-refractivity contribution < 1.29 is 4.42 Å². The molecule has 0 aliphatic heterocycles. The Labute approximate surface area is 159 Å². The minimum absolute atomic E-state index is 0.436. The van der Waals surface area contributed by atoms with Crippen LogP contribution in [0.2, 0.25) is 0 Å². The lowest BCUT2D eigenvalue weighted by molar-refractivity contribution is 0.572. The fourth-order valence-corrected chi connectivity index (χ4v) is 2.58. The van der Waals surface area contributed by atoms with Gasteiger partial charge in [0, 0.05) is 17.8 Å². The highest BCUT2D eigenvalue weighted by Crippen LogP contribution is 2.19. The van der Waals surface area contributed by atoms with E-state index in [9.17, 15) is 0 Å².